The fraction of sp³-hybridized carbons (Fsp3) is 0.429. The summed E-state index contributed by atoms with van der Waals surface area (Å²) >= 11 is 0. The van der Waals surface area contributed by atoms with Crippen molar-refractivity contribution in [2.75, 3.05) is 0 Å². The number of allylic oxidation sites excluding steroid dienone is 1. The molecule has 0 unspecified atom stereocenters. The van der Waals surface area contributed by atoms with Gasteiger partial charge in [0.25, 0.3) is 0 Å². The Balaban J connectivity index is 1.75. The van der Waals surface area contributed by atoms with Crippen molar-refractivity contribution in [1.82, 2.24) is 0 Å². The number of hydrogen-bond acceptors (Lipinski definition) is 0. The zero-order valence-electron chi connectivity index (χ0n) is 17.9. The van der Waals surface area contributed by atoms with Crippen LogP contribution in [0.3, 0.4) is 0 Å². The number of hydrogen-bond donors (Lipinski definition) is 0. The zero-order valence-corrected chi connectivity index (χ0v) is 17.9. The third kappa shape index (κ3) is 6.07. The Labute approximate surface area is 176 Å². The molecular formula is C28H33F. The Morgan fingerprint density at radius 1 is 0.931 bits per heavy atom. The Hall–Kier alpha value is -2.33. The van der Waals surface area contributed by atoms with E-state index in [0.717, 1.165) is 29.9 Å². The van der Waals surface area contributed by atoms with E-state index < -0.39 is 0 Å². The summed E-state index contributed by atoms with van der Waals surface area (Å²) in [7, 11) is 0. The van der Waals surface area contributed by atoms with Crippen LogP contribution >= 0.6 is 0 Å². The molecule has 0 spiro atoms. The maximum Gasteiger partial charge on any atom is 0.139 e. The van der Waals surface area contributed by atoms with Gasteiger partial charge in [0.1, 0.15) is 5.82 Å². The van der Waals surface area contributed by atoms with E-state index in [2.05, 4.69) is 50.0 Å². The van der Waals surface area contributed by atoms with Gasteiger partial charge in [-0.15, -0.1) is 0 Å². The second-order valence-corrected chi connectivity index (χ2v) is 8.27. The smallest absolute Gasteiger partial charge is 0.139 e. The van der Waals surface area contributed by atoms with Gasteiger partial charge in [-0.2, -0.15) is 0 Å². The minimum absolute atomic E-state index is 0.242. The number of unbranched alkanes of at least 4 members (excludes halogenated alkanes) is 1. The molecule has 2 aromatic carbocycles. The van der Waals surface area contributed by atoms with Crippen LogP contribution in [0.5, 0.6) is 0 Å². The molecule has 0 heterocycles. The Morgan fingerprint density at radius 3 is 2.41 bits per heavy atom. The summed E-state index contributed by atoms with van der Waals surface area (Å²) in [5.74, 6) is 7.59. The van der Waals surface area contributed by atoms with Crippen LogP contribution in [-0.4, -0.2) is 0 Å². The topological polar surface area (TPSA) is 0 Å². The van der Waals surface area contributed by atoms with Crippen LogP contribution in [0.1, 0.15) is 93.4 Å². The first kappa shape index (κ1) is 21.4. The molecule has 1 aliphatic carbocycles. The van der Waals surface area contributed by atoms with Crippen LogP contribution in [0.15, 0.2) is 48.5 Å². The van der Waals surface area contributed by atoms with E-state index in [1.807, 2.05) is 18.2 Å². The van der Waals surface area contributed by atoms with Gasteiger partial charge in [-0.3, -0.25) is 0 Å². The van der Waals surface area contributed by atoms with Crippen molar-refractivity contribution in [3.63, 3.8) is 0 Å². The fourth-order valence-corrected chi connectivity index (χ4v) is 4.39. The Morgan fingerprint density at radius 2 is 1.69 bits per heavy atom. The minimum atomic E-state index is -0.242. The van der Waals surface area contributed by atoms with Crippen molar-refractivity contribution in [1.29, 1.82) is 0 Å². The summed E-state index contributed by atoms with van der Waals surface area (Å²) in [6.07, 6.45) is 14.0. The maximum absolute atomic E-state index is 14.5. The normalized spacial score (nSPS) is 19.1. The lowest BCUT2D eigenvalue weighted by atomic mass is 9.76. The third-order valence-corrected chi connectivity index (χ3v) is 6.03. The highest BCUT2D eigenvalue weighted by Crippen LogP contribution is 2.38. The van der Waals surface area contributed by atoms with Gasteiger partial charge >= 0.3 is 0 Å². The molecule has 1 aliphatic rings. The summed E-state index contributed by atoms with van der Waals surface area (Å²) in [5.41, 5.74) is 3.76. The summed E-state index contributed by atoms with van der Waals surface area (Å²) in [6, 6.07) is 13.8. The average Bonchev–Trinajstić information content (AvgIpc) is 2.74. The maximum atomic E-state index is 14.5. The quantitative estimate of drug-likeness (QED) is 0.438. The summed E-state index contributed by atoms with van der Waals surface area (Å²) in [5, 5.41) is 0. The molecule has 29 heavy (non-hydrogen) atoms. The van der Waals surface area contributed by atoms with E-state index in [1.54, 1.807) is 12.1 Å². The average molecular weight is 389 g/mol. The summed E-state index contributed by atoms with van der Waals surface area (Å²) in [4.78, 5) is 0. The molecule has 0 bridgehead atoms. The highest BCUT2D eigenvalue weighted by Gasteiger charge is 2.23. The first-order valence-corrected chi connectivity index (χ1v) is 11.3. The van der Waals surface area contributed by atoms with Crippen molar-refractivity contribution in [2.24, 2.45) is 5.92 Å². The summed E-state index contributed by atoms with van der Waals surface area (Å²) < 4.78 is 14.5. The van der Waals surface area contributed by atoms with Gasteiger partial charge in [0.2, 0.25) is 0 Å². The number of rotatable bonds is 6. The van der Waals surface area contributed by atoms with Gasteiger partial charge < -0.3 is 0 Å². The molecule has 152 valence electrons. The fourth-order valence-electron chi connectivity index (χ4n) is 4.39. The SMILES string of the molecule is CCC/C=C/c1ccc(C#Cc2ccccc2C2CCC(CCC)CC2)c(F)c1. The molecule has 0 aliphatic heterocycles. The molecule has 0 nitrogen and oxygen atoms in total. The van der Waals surface area contributed by atoms with Gasteiger partial charge in [0, 0.05) is 5.56 Å². The lowest BCUT2D eigenvalue weighted by Gasteiger charge is -2.29. The van der Waals surface area contributed by atoms with Crippen molar-refractivity contribution >= 4 is 6.08 Å². The zero-order chi connectivity index (χ0) is 20.5. The first-order valence-electron chi connectivity index (χ1n) is 11.3. The molecule has 0 radical (unpaired) electrons. The minimum Gasteiger partial charge on any atom is -0.206 e. The van der Waals surface area contributed by atoms with E-state index >= 15 is 0 Å². The lowest BCUT2D eigenvalue weighted by molar-refractivity contribution is 0.308. The molecule has 1 fully saturated rings. The highest BCUT2D eigenvalue weighted by molar-refractivity contribution is 5.53. The van der Waals surface area contributed by atoms with Gasteiger partial charge in [-0.05, 0) is 73.3 Å². The molecule has 2 aromatic rings. The molecule has 0 aromatic heterocycles. The van der Waals surface area contributed by atoms with Gasteiger partial charge in [0.15, 0.2) is 0 Å². The van der Waals surface area contributed by atoms with Crippen molar-refractivity contribution in [3.05, 3.63) is 76.6 Å². The van der Waals surface area contributed by atoms with Crippen LogP contribution in [0.2, 0.25) is 0 Å². The third-order valence-electron chi connectivity index (χ3n) is 6.03. The van der Waals surface area contributed by atoms with E-state index in [9.17, 15) is 4.39 Å². The second-order valence-electron chi connectivity index (χ2n) is 8.27. The van der Waals surface area contributed by atoms with Crippen molar-refractivity contribution < 1.29 is 4.39 Å². The lowest BCUT2D eigenvalue weighted by Crippen LogP contribution is -2.14. The molecule has 0 amide bonds. The van der Waals surface area contributed by atoms with Gasteiger partial charge in [-0.1, -0.05) is 81.4 Å². The monoisotopic (exact) mass is 388 g/mol. The van der Waals surface area contributed by atoms with E-state index in [1.165, 1.54) is 44.1 Å². The van der Waals surface area contributed by atoms with Crippen LogP contribution in [-0.2, 0) is 0 Å². The van der Waals surface area contributed by atoms with Crippen LogP contribution in [0, 0.1) is 23.6 Å². The Bertz CT molecular complexity index is 873. The number of benzene rings is 2. The second kappa shape index (κ2) is 11.0. The van der Waals surface area contributed by atoms with E-state index in [0.29, 0.717) is 11.5 Å². The van der Waals surface area contributed by atoms with Crippen molar-refractivity contribution in [3.8, 4) is 11.8 Å². The standard InChI is InChI=1S/C28H33F/c1-3-5-6-10-23-15-18-26(28(29)21-23)20-19-24-11-7-8-12-27(24)25-16-13-22(9-4-2)14-17-25/h6-8,10-12,15,18,21-22,25H,3-5,9,13-14,16-17H2,1-2H3/b10-6+. The van der Waals surface area contributed by atoms with Crippen LogP contribution < -0.4 is 0 Å². The Kier molecular flexibility index (Phi) is 8.12. The first-order chi connectivity index (χ1) is 14.2. The highest BCUT2D eigenvalue weighted by atomic mass is 19.1. The van der Waals surface area contributed by atoms with E-state index in [4.69, 9.17) is 0 Å². The molecule has 1 saturated carbocycles. The summed E-state index contributed by atoms with van der Waals surface area (Å²) in [6.45, 7) is 4.42. The molecule has 3 rings (SSSR count). The molecular weight excluding hydrogens is 355 g/mol. The van der Waals surface area contributed by atoms with Crippen LogP contribution in [0.25, 0.3) is 6.08 Å². The predicted octanol–water partition coefficient (Wildman–Crippen LogP) is 8.11. The van der Waals surface area contributed by atoms with Gasteiger partial charge in [0.05, 0.1) is 5.56 Å². The van der Waals surface area contributed by atoms with E-state index in [-0.39, 0.29) is 5.82 Å². The van der Waals surface area contributed by atoms with Crippen LogP contribution in [0.4, 0.5) is 4.39 Å². The predicted molar refractivity (Wildman–Crippen MR) is 122 cm³/mol. The number of halogens is 1. The molecule has 0 saturated heterocycles. The molecule has 0 N–H and O–H groups in total. The van der Waals surface area contributed by atoms with Crippen molar-refractivity contribution in [2.45, 2.75) is 71.1 Å². The molecule has 0 atom stereocenters. The molecule has 1 heteroatoms. The van der Waals surface area contributed by atoms with Gasteiger partial charge in [-0.25, -0.2) is 4.39 Å². The largest absolute Gasteiger partial charge is 0.206 e.